The van der Waals surface area contributed by atoms with Gasteiger partial charge in [0.2, 0.25) is 0 Å². The Hall–Kier alpha value is -1.53. The van der Waals surface area contributed by atoms with Gasteiger partial charge in [-0.25, -0.2) is 0 Å². The van der Waals surface area contributed by atoms with Crippen molar-refractivity contribution in [2.24, 2.45) is 0 Å². The van der Waals surface area contributed by atoms with Crippen molar-refractivity contribution in [3.8, 4) is 11.5 Å². The zero-order valence-electron chi connectivity index (χ0n) is 10.8. The molecular weight excluding hydrogens is 272 g/mol. The molecule has 1 aliphatic heterocycles. The molecule has 0 amide bonds. The van der Waals surface area contributed by atoms with Crippen LogP contribution in [0.4, 0.5) is 5.69 Å². The third-order valence-electron chi connectivity index (χ3n) is 3.17. The summed E-state index contributed by atoms with van der Waals surface area (Å²) in [5.41, 5.74) is 0.738. The standard InChI is InChI=1S/C12H16N2O4.ClH/c1-17-11-6-8(9-4-3-5-13-9)10(14(15)16)7-12(11)18-2;/h6-7,9,13H,3-5H2,1-2H3;1H/t9-;/m1./s1. The third kappa shape index (κ3) is 3.08. The van der Waals surface area contributed by atoms with E-state index in [1.165, 1.54) is 20.3 Å². The van der Waals surface area contributed by atoms with Gasteiger partial charge in [0.1, 0.15) is 0 Å². The van der Waals surface area contributed by atoms with Gasteiger partial charge in [-0.15, -0.1) is 12.4 Å². The molecule has 0 saturated carbocycles. The van der Waals surface area contributed by atoms with Gasteiger partial charge in [0, 0.05) is 6.04 Å². The van der Waals surface area contributed by atoms with E-state index in [-0.39, 0.29) is 29.1 Å². The van der Waals surface area contributed by atoms with Crippen molar-refractivity contribution >= 4 is 18.1 Å². The normalized spacial score (nSPS) is 17.7. The first kappa shape index (κ1) is 15.5. The second kappa shape index (κ2) is 6.58. The van der Waals surface area contributed by atoms with Gasteiger partial charge in [0.05, 0.1) is 30.8 Å². The third-order valence-corrected chi connectivity index (χ3v) is 3.17. The molecule has 1 saturated heterocycles. The van der Waals surface area contributed by atoms with E-state index in [4.69, 9.17) is 9.47 Å². The predicted octanol–water partition coefficient (Wildman–Crippen LogP) is 2.46. The van der Waals surface area contributed by atoms with Crippen LogP contribution in [-0.2, 0) is 0 Å². The summed E-state index contributed by atoms with van der Waals surface area (Å²) < 4.78 is 10.3. The smallest absolute Gasteiger partial charge is 0.278 e. The van der Waals surface area contributed by atoms with Crippen LogP contribution < -0.4 is 14.8 Å². The second-order valence-corrected chi connectivity index (χ2v) is 4.17. The minimum Gasteiger partial charge on any atom is -0.493 e. The molecule has 0 spiro atoms. The first-order valence-corrected chi connectivity index (χ1v) is 5.81. The molecule has 19 heavy (non-hydrogen) atoms. The average Bonchev–Trinajstić information content (AvgIpc) is 2.90. The van der Waals surface area contributed by atoms with Gasteiger partial charge in [0.15, 0.2) is 11.5 Å². The quantitative estimate of drug-likeness (QED) is 0.680. The van der Waals surface area contributed by atoms with Crippen LogP contribution in [0.2, 0.25) is 0 Å². The van der Waals surface area contributed by atoms with E-state index in [0.29, 0.717) is 17.1 Å². The number of nitrogens with zero attached hydrogens (tertiary/aromatic N) is 1. The highest BCUT2D eigenvalue weighted by molar-refractivity contribution is 5.85. The molecule has 1 fully saturated rings. The molecule has 2 rings (SSSR count). The van der Waals surface area contributed by atoms with E-state index in [0.717, 1.165) is 19.4 Å². The van der Waals surface area contributed by atoms with Crippen molar-refractivity contribution in [1.82, 2.24) is 5.32 Å². The lowest BCUT2D eigenvalue weighted by Crippen LogP contribution is -2.14. The lowest BCUT2D eigenvalue weighted by molar-refractivity contribution is -0.385. The van der Waals surface area contributed by atoms with Crippen molar-refractivity contribution < 1.29 is 14.4 Å². The molecule has 6 nitrogen and oxygen atoms in total. The number of methoxy groups -OCH3 is 2. The highest BCUT2D eigenvalue weighted by atomic mass is 35.5. The Morgan fingerprint density at radius 2 is 1.95 bits per heavy atom. The molecule has 0 bridgehead atoms. The van der Waals surface area contributed by atoms with Gasteiger partial charge in [-0.05, 0) is 25.5 Å². The van der Waals surface area contributed by atoms with E-state index in [2.05, 4.69) is 5.32 Å². The minimum atomic E-state index is -0.378. The Morgan fingerprint density at radius 3 is 2.42 bits per heavy atom. The number of ether oxygens (including phenoxy) is 2. The Labute approximate surface area is 117 Å². The van der Waals surface area contributed by atoms with Crippen LogP contribution in [-0.4, -0.2) is 25.7 Å². The van der Waals surface area contributed by atoms with Crippen LogP contribution in [0.15, 0.2) is 12.1 Å². The van der Waals surface area contributed by atoms with E-state index in [9.17, 15) is 10.1 Å². The Balaban J connectivity index is 0.00000180. The molecule has 1 heterocycles. The Bertz CT molecular complexity index is 461. The van der Waals surface area contributed by atoms with Crippen LogP contribution in [0, 0.1) is 10.1 Å². The topological polar surface area (TPSA) is 73.6 Å². The van der Waals surface area contributed by atoms with Crippen molar-refractivity contribution in [2.75, 3.05) is 20.8 Å². The van der Waals surface area contributed by atoms with Crippen LogP contribution in [0.3, 0.4) is 0 Å². The largest absolute Gasteiger partial charge is 0.493 e. The number of benzene rings is 1. The number of rotatable bonds is 4. The monoisotopic (exact) mass is 288 g/mol. The fourth-order valence-electron chi connectivity index (χ4n) is 2.27. The summed E-state index contributed by atoms with van der Waals surface area (Å²) in [6.45, 7) is 0.885. The van der Waals surface area contributed by atoms with Gasteiger partial charge < -0.3 is 14.8 Å². The van der Waals surface area contributed by atoms with E-state index in [1.54, 1.807) is 6.07 Å². The van der Waals surface area contributed by atoms with E-state index in [1.807, 2.05) is 0 Å². The zero-order chi connectivity index (χ0) is 13.1. The van der Waals surface area contributed by atoms with Gasteiger partial charge in [0.25, 0.3) is 5.69 Å². The van der Waals surface area contributed by atoms with E-state index >= 15 is 0 Å². The lowest BCUT2D eigenvalue weighted by atomic mass is 10.0. The lowest BCUT2D eigenvalue weighted by Gasteiger charge is -2.14. The maximum absolute atomic E-state index is 11.1. The number of hydrogen-bond acceptors (Lipinski definition) is 5. The fourth-order valence-corrected chi connectivity index (χ4v) is 2.27. The molecule has 106 valence electrons. The highest BCUT2D eigenvalue weighted by Crippen LogP contribution is 2.39. The number of halogens is 1. The summed E-state index contributed by atoms with van der Waals surface area (Å²) in [5, 5.41) is 14.4. The molecule has 1 aliphatic rings. The van der Waals surface area contributed by atoms with Crippen molar-refractivity contribution in [1.29, 1.82) is 0 Å². The summed E-state index contributed by atoms with van der Waals surface area (Å²) in [4.78, 5) is 10.7. The number of hydrogen-bond donors (Lipinski definition) is 1. The highest BCUT2D eigenvalue weighted by Gasteiger charge is 2.27. The minimum absolute atomic E-state index is 0. The first-order valence-electron chi connectivity index (χ1n) is 5.81. The predicted molar refractivity (Wildman–Crippen MR) is 73.4 cm³/mol. The summed E-state index contributed by atoms with van der Waals surface area (Å²) in [5.74, 6) is 0.901. The second-order valence-electron chi connectivity index (χ2n) is 4.17. The summed E-state index contributed by atoms with van der Waals surface area (Å²) >= 11 is 0. The summed E-state index contributed by atoms with van der Waals surface area (Å²) in [7, 11) is 2.99. The SMILES string of the molecule is COc1cc([C@H]2CCCN2)c([N+](=O)[O-])cc1OC.Cl. The maximum Gasteiger partial charge on any atom is 0.278 e. The molecule has 0 unspecified atom stereocenters. The first-order chi connectivity index (χ1) is 8.67. The molecule has 0 aromatic heterocycles. The van der Waals surface area contributed by atoms with Crippen LogP contribution >= 0.6 is 12.4 Å². The molecule has 1 aromatic carbocycles. The van der Waals surface area contributed by atoms with E-state index < -0.39 is 0 Å². The van der Waals surface area contributed by atoms with Gasteiger partial charge in [-0.1, -0.05) is 0 Å². The summed E-state index contributed by atoms with van der Waals surface area (Å²) in [6.07, 6.45) is 1.92. The summed E-state index contributed by atoms with van der Waals surface area (Å²) in [6, 6.07) is 3.14. The van der Waals surface area contributed by atoms with Crippen LogP contribution in [0.25, 0.3) is 0 Å². The molecule has 1 atom stereocenters. The molecule has 0 aliphatic carbocycles. The molecular formula is C12H17ClN2O4. The fraction of sp³-hybridized carbons (Fsp3) is 0.500. The van der Waals surface area contributed by atoms with Crippen molar-refractivity contribution in [3.05, 3.63) is 27.8 Å². The molecule has 1 aromatic rings. The van der Waals surface area contributed by atoms with Crippen LogP contribution in [0.5, 0.6) is 11.5 Å². The number of nitro benzene ring substituents is 1. The van der Waals surface area contributed by atoms with Gasteiger partial charge in [-0.2, -0.15) is 0 Å². The molecule has 0 radical (unpaired) electrons. The Kier molecular flexibility index (Phi) is 5.38. The number of nitro groups is 1. The van der Waals surface area contributed by atoms with Crippen molar-refractivity contribution in [3.63, 3.8) is 0 Å². The molecule has 1 N–H and O–H groups in total. The Morgan fingerprint density at radius 1 is 1.32 bits per heavy atom. The van der Waals surface area contributed by atoms with Gasteiger partial charge in [-0.3, -0.25) is 10.1 Å². The average molecular weight is 289 g/mol. The zero-order valence-corrected chi connectivity index (χ0v) is 11.7. The molecule has 7 heteroatoms. The van der Waals surface area contributed by atoms with Crippen LogP contribution in [0.1, 0.15) is 24.4 Å². The number of nitrogens with one attached hydrogen (secondary N) is 1. The maximum atomic E-state index is 11.1. The van der Waals surface area contributed by atoms with Gasteiger partial charge >= 0.3 is 0 Å². The van der Waals surface area contributed by atoms with Crippen molar-refractivity contribution in [2.45, 2.75) is 18.9 Å².